The fourth-order valence-corrected chi connectivity index (χ4v) is 1.75. The summed E-state index contributed by atoms with van der Waals surface area (Å²) >= 11 is 5.98. The predicted octanol–water partition coefficient (Wildman–Crippen LogP) is 4.11. The van der Waals surface area contributed by atoms with Crippen LogP contribution in [0.1, 0.15) is 26.3 Å². The Morgan fingerprint density at radius 2 is 1.91 bits per heavy atom. The molecule has 0 unspecified atom stereocenters. The second-order valence-corrected chi connectivity index (χ2v) is 5.78. The van der Waals surface area contributed by atoms with E-state index in [9.17, 15) is 4.39 Å². The van der Waals surface area contributed by atoms with Crippen molar-refractivity contribution in [1.82, 2.24) is 9.97 Å². The molecule has 1 aromatic heterocycles. The van der Waals surface area contributed by atoms with Crippen molar-refractivity contribution in [1.29, 1.82) is 5.26 Å². The topological polar surface area (TPSA) is 68.0 Å². The van der Waals surface area contributed by atoms with Crippen LogP contribution in [0.15, 0.2) is 24.5 Å². The molecule has 0 aliphatic carbocycles. The molecule has 5 nitrogen and oxygen atoms in total. The maximum absolute atomic E-state index is 14.3. The molecule has 2 rings (SSSR count). The summed E-state index contributed by atoms with van der Waals surface area (Å²) in [5, 5.41) is 8.96. The predicted molar refractivity (Wildman–Crippen MR) is 78.6 cm³/mol. The van der Waals surface area contributed by atoms with Crippen LogP contribution in [0.2, 0.25) is 5.02 Å². The molecule has 0 bridgehead atoms. The van der Waals surface area contributed by atoms with Gasteiger partial charge < -0.3 is 9.47 Å². The van der Waals surface area contributed by atoms with E-state index >= 15 is 0 Å². The molecule has 0 saturated heterocycles. The fraction of sp³-hybridized carbons (Fsp3) is 0.267. The lowest BCUT2D eigenvalue weighted by Crippen LogP contribution is -2.24. The molecular formula is C15H13ClFN3O2. The van der Waals surface area contributed by atoms with Gasteiger partial charge in [0.05, 0.1) is 16.7 Å². The Labute approximate surface area is 132 Å². The summed E-state index contributed by atoms with van der Waals surface area (Å²) in [6.07, 6.45) is 1.14. The zero-order valence-electron chi connectivity index (χ0n) is 12.2. The van der Waals surface area contributed by atoms with E-state index in [4.69, 9.17) is 26.3 Å². The Morgan fingerprint density at radius 1 is 1.23 bits per heavy atom. The molecule has 114 valence electrons. The quantitative estimate of drug-likeness (QED) is 0.851. The van der Waals surface area contributed by atoms with Crippen LogP contribution < -0.4 is 9.47 Å². The van der Waals surface area contributed by atoms with E-state index in [2.05, 4.69) is 9.97 Å². The highest BCUT2D eigenvalue weighted by Gasteiger charge is 2.21. The SMILES string of the molecule is CC(C)(C)Oc1ncnc(Oc2ccc(C#N)cc2Cl)c1F. The number of rotatable bonds is 3. The van der Waals surface area contributed by atoms with E-state index in [-0.39, 0.29) is 22.5 Å². The van der Waals surface area contributed by atoms with Crippen molar-refractivity contribution < 1.29 is 13.9 Å². The highest BCUT2D eigenvalue weighted by molar-refractivity contribution is 6.32. The van der Waals surface area contributed by atoms with Crippen LogP contribution in [0.25, 0.3) is 0 Å². The summed E-state index contributed by atoms with van der Waals surface area (Å²) in [5.74, 6) is -1.15. The Hall–Kier alpha value is -2.39. The number of ether oxygens (including phenoxy) is 2. The largest absolute Gasteiger partial charge is 0.470 e. The first-order valence-electron chi connectivity index (χ1n) is 6.37. The van der Waals surface area contributed by atoms with Gasteiger partial charge in [-0.1, -0.05) is 11.6 Å². The smallest absolute Gasteiger partial charge is 0.263 e. The average molecular weight is 322 g/mol. The van der Waals surface area contributed by atoms with E-state index in [0.29, 0.717) is 5.56 Å². The van der Waals surface area contributed by atoms with E-state index in [1.54, 1.807) is 20.8 Å². The molecule has 2 aromatic rings. The van der Waals surface area contributed by atoms with Crippen LogP contribution in [0, 0.1) is 17.1 Å². The molecule has 0 atom stereocenters. The fourth-order valence-electron chi connectivity index (χ4n) is 1.53. The van der Waals surface area contributed by atoms with Gasteiger partial charge in [0.25, 0.3) is 11.8 Å². The lowest BCUT2D eigenvalue weighted by Gasteiger charge is -2.20. The molecule has 0 N–H and O–H groups in total. The van der Waals surface area contributed by atoms with Gasteiger partial charge in [0, 0.05) is 0 Å². The van der Waals surface area contributed by atoms with Crippen molar-refractivity contribution in [3.05, 3.63) is 40.9 Å². The molecular weight excluding hydrogens is 309 g/mol. The summed E-state index contributed by atoms with van der Waals surface area (Å²) in [5.41, 5.74) is -0.240. The molecule has 1 aromatic carbocycles. The number of nitriles is 1. The first-order valence-corrected chi connectivity index (χ1v) is 6.75. The number of aromatic nitrogens is 2. The minimum absolute atomic E-state index is 0.176. The summed E-state index contributed by atoms with van der Waals surface area (Å²) in [6.45, 7) is 5.31. The molecule has 0 fully saturated rings. The van der Waals surface area contributed by atoms with E-state index in [1.807, 2.05) is 6.07 Å². The molecule has 0 amide bonds. The number of nitrogens with zero attached hydrogens (tertiary/aromatic N) is 3. The van der Waals surface area contributed by atoms with Gasteiger partial charge in [-0.25, -0.2) is 0 Å². The van der Waals surface area contributed by atoms with Crippen LogP contribution in [0.5, 0.6) is 17.5 Å². The first-order chi connectivity index (χ1) is 10.3. The minimum atomic E-state index is -0.821. The standard InChI is InChI=1S/C15H13ClFN3O2/c1-15(2,3)22-14-12(17)13(19-8-20-14)21-11-5-4-9(7-18)6-10(11)16/h4-6,8H,1-3H3. The Bertz CT molecular complexity index is 739. The van der Waals surface area contributed by atoms with Crippen LogP contribution in [0.3, 0.4) is 0 Å². The highest BCUT2D eigenvalue weighted by Crippen LogP contribution is 2.32. The normalized spacial score (nSPS) is 10.9. The molecule has 0 radical (unpaired) electrons. The average Bonchev–Trinajstić information content (AvgIpc) is 2.43. The zero-order chi connectivity index (χ0) is 16.3. The van der Waals surface area contributed by atoms with Crippen molar-refractivity contribution in [2.75, 3.05) is 0 Å². The molecule has 22 heavy (non-hydrogen) atoms. The molecule has 0 aliphatic rings. The lowest BCUT2D eigenvalue weighted by molar-refractivity contribution is 0.115. The number of hydrogen-bond acceptors (Lipinski definition) is 5. The Morgan fingerprint density at radius 3 is 2.50 bits per heavy atom. The van der Waals surface area contributed by atoms with Crippen molar-refractivity contribution in [2.24, 2.45) is 0 Å². The van der Waals surface area contributed by atoms with Crippen molar-refractivity contribution in [2.45, 2.75) is 26.4 Å². The second kappa shape index (κ2) is 6.16. The summed E-state index contributed by atoms with van der Waals surface area (Å²) in [6, 6.07) is 6.34. The third-order valence-electron chi connectivity index (χ3n) is 2.40. The summed E-state index contributed by atoms with van der Waals surface area (Å²) in [4.78, 5) is 7.49. The van der Waals surface area contributed by atoms with Crippen LogP contribution in [0.4, 0.5) is 4.39 Å². The van der Waals surface area contributed by atoms with E-state index < -0.39 is 11.4 Å². The number of hydrogen-bond donors (Lipinski definition) is 0. The van der Waals surface area contributed by atoms with Crippen LogP contribution >= 0.6 is 11.6 Å². The van der Waals surface area contributed by atoms with E-state index in [1.165, 1.54) is 18.2 Å². The van der Waals surface area contributed by atoms with E-state index in [0.717, 1.165) is 6.33 Å². The second-order valence-electron chi connectivity index (χ2n) is 5.37. The maximum atomic E-state index is 14.3. The maximum Gasteiger partial charge on any atom is 0.263 e. The summed E-state index contributed by atoms with van der Waals surface area (Å²) in [7, 11) is 0. The zero-order valence-corrected chi connectivity index (χ0v) is 13.0. The minimum Gasteiger partial charge on any atom is -0.470 e. The van der Waals surface area contributed by atoms with Gasteiger partial charge in [-0.2, -0.15) is 19.6 Å². The van der Waals surface area contributed by atoms with Gasteiger partial charge in [-0.05, 0) is 39.0 Å². The lowest BCUT2D eigenvalue weighted by atomic mass is 10.2. The van der Waals surface area contributed by atoms with Crippen molar-refractivity contribution >= 4 is 11.6 Å². The van der Waals surface area contributed by atoms with Gasteiger partial charge >= 0.3 is 0 Å². The van der Waals surface area contributed by atoms with Gasteiger partial charge in [-0.15, -0.1) is 0 Å². The summed E-state index contributed by atoms with van der Waals surface area (Å²) < 4.78 is 25.0. The third kappa shape index (κ3) is 3.83. The molecule has 0 aliphatic heterocycles. The molecule has 0 spiro atoms. The first kappa shape index (κ1) is 16.0. The van der Waals surface area contributed by atoms with Crippen molar-refractivity contribution in [3.8, 4) is 23.6 Å². The molecule has 0 saturated carbocycles. The monoisotopic (exact) mass is 321 g/mol. The Balaban J connectivity index is 2.31. The third-order valence-corrected chi connectivity index (χ3v) is 2.69. The van der Waals surface area contributed by atoms with Gasteiger partial charge in [-0.3, -0.25) is 0 Å². The number of benzene rings is 1. The Kier molecular flexibility index (Phi) is 4.48. The van der Waals surface area contributed by atoms with Crippen LogP contribution in [-0.4, -0.2) is 15.6 Å². The van der Waals surface area contributed by atoms with Gasteiger partial charge in [0.1, 0.15) is 17.7 Å². The van der Waals surface area contributed by atoms with Gasteiger partial charge in [0.2, 0.25) is 5.82 Å². The molecule has 1 heterocycles. The number of halogens is 2. The van der Waals surface area contributed by atoms with Gasteiger partial charge in [0.15, 0.2) is 0 Å². The highest BCUT2D eigenvalue weighted by atomic mass is 35.5. The van der Waals surface area contributed by atoms with Crippen molar-refractivity contribution in [3.63, 3.8) is 0 Å². The molecule has 7 heteroatoms. The van der Waals surface area contributed by atoms with Crippen LogP contribution in [-0.2, 0) is 0 Å².